The molecule has 1 aromatic rings. The number of nitro groups is 1. The molecule has 0 spiro atoms. The zero-order chi connectivity index (χ0) is 14.6. The van der Waals surface area contributed by atoms with Crippen molar-refractivity contribution in [3.63, 3.8) is 0 Å². The van der Waals surface area contributed by atoms with E-state index in [9.17, 15) is 14.9 Å². The second kappa shape index (κ2) is 5.83. The molecule has 1 heterocycles. The minimum atomic E-state index is -0.459. The number of carbonyl (C=O) groups excluding carboxylic acids is 1. The number of nitro benzene ring substituents is 1. The maximum Gasteiger partial charge on any atom is 0.276 e. The van der Waals surface area contributed by atoms with Gasteiger partial charge in [-0.05, 0) is 32.0 Å². The zero-order valence-electron chi connectivity index (χ0n) is 11.3. The molecule has 0 aliphatic carbocycles. The van der Waals surface area contributed by atoms with Gasteiger partial charge >= 0.3 is 0 Å². The molecule has 1 aromatic carbocycles. The summed E-state index contributed by atoms with van der Waals surface area (Å²) in [4.78, 5) is 22.3. The molecule has 1 aliphatic heterocycles. The molecule has 2 rings (SSSR count). The standard InChI is InChI=1S/C14H17N3O3/c1-14(8-9-15-10-14)16-13(18)7-6-11-4-2-3-5-12(11)17(19)20/h2-7,15H,8-10H2,1H3,(H,16,18)/b7-6+. The maximum absolute atomic E-state index is 11.9. The van der Waals surface area contributed by atoms with E-state index in [4.69, 9.17) is 0 Å². The molecule has 0 saturated carbocycles. The summed E-state index contributed by atoms with van der Waals surface area (Å²) >= 11 is 0. The Morgan fingerprint density at radius 3 is 2.90 bits per heavy atom. The number of benzene rings is 1. The molecule has 1 unspecified atom stereocenters. The second-order valence-electron chi connectivity index (χ2n) is 5.13. The fourth-order valence-corrected chi connectivity index (χ4v) is 2.22. The van der Waals surface area contributed by atoms with E-state index in [1.165, 1.54) is 18.2 Å². The molecule has 1 amide bonds. The van der Waals surface area contributed by atoms with Gasteiger partial charge in [-0.15, -0.1) is 0 Å². The third kappa shape index (κ3) is 3.42. The van der Waals surface area contributed by atoms with Gasteiger partial charge in [0, 0.05) is 18.7 Å². The van der Waals surface area contributed by atoms with E-state index in [1.54, 1.807) is 18.2 Å². The molecule has 106 valence electrons. The number of rotatable bonds is 4. The first kappa shape index (κ1) is 14.2. The predicted molar refractivity (Wildman–Crippen MR) is 76.2 cm³/mol. The Hall–Kier alpha value is -2.21. The Kier molecular flexibility index (Phi) is 4.14. The topological polar surface area (TPSA) is 84.3 Å². The Morgan fingerprint density at radius 1 is 1.50 bits per heavy atom. The van der Waals surface area contributed by atoms with Gasteiger partial charge in [0.25, 0.3) is 5.69 Å². The Labute approximate surface area is 117 Å². The van der Waals surface area contributed by atoms with E-state index in [-0.39, 0.29) is 17.1 Å². The van der Waals surface area contributed by atoms with E-state index in [0.29, 0.717) is 5.56 Å². The van der Waals surface area contributed by atoms with Gasteiger partial charge < -0.3 is 10.6 Å². The zero-order valence-corrected chi connectivity index (χ0v) is 11.3. The summed E-state index contributed by atoms with van der Waals surface area (Å²) in [5, 5.41) is 17.0. The third-order valence-corrected chi connectivity index (χ3v) is 3.34. The van der Waals surface area contributed by atoms with Crippen LogP contribution in [0, 0.1) is 10.1 Å². The molecule has 1 saturated heterocycles. The lowest BCUT2D eigenvalue weighted by Gasteiger charge is -2.23. The highest BCUT2D eigenvalue weighted by Crippen LogP contribution is 2.19. The van der Waals surface area contributed by atoms with Crippen molar-refractivity contribution < 1.29 is 9.72 Å². The van der Waals surface area contributed by atoms with Gasteiger partial charge in [-0.1, -0.05) is 12.1 Å². The summed E-state index contributed by atoms with van der Waals surface area (Å²) in [6.45, 7) is 3.59. The van der Waals surface area contributed by atoms with Crippen molar-refractivity contribution in [3.05, 3.63) is 46.0 Å². The van der Waals surface area contributed by atoms with Crippen LogP contribution in [0.3, 0.4) is 0 Å². The van der Waals surface area contributed by atoms with Crippen LogP contribution in [0.2, 0.25) is 0 Å². The lowest BCUT2D eigenvalue weighted by atomic mass is 10.0. The third-order valence-electron chi connectivity index (χ3n) is 3.34. The van der Waals surface area contributed by atoms with E-state index in [2.05, 4.69) is 10.6 Å². The second-order valence-corrected chi connectivity index (χ2v) is 5.13. The first-order valence-corrected chi connectivity index (χ1v) is 6.45. The van der Waals surface area contributed by atoms with Crippen LogP contribution in [0.4, 0.5) is 5.69 Å². The fraction of sp³-hybridized carbons (Fsp3) is 0.357. The van der Waals surface area contributed by atoms with Gasteiger partial charge in [0.1, 0.15) is 0 Å². The van der Waals surface area contributed by atoms with Crippen molar-refractivity contribution in [1.29, 1.82) is 0 Å². The monoisotopic (exact) mass is 275 g/mol. The first-order chi connectivity index (χ1) is 9.50. The molecule has 0 radical (unpaired) electrons. The SMILES string of the molecule is CC1(NC(=O)/C=C/c2ccccc2[N+](=O)[O-])CCNC1. The van der Waals surface area contributed by atoms with E-state index < -0.39 is 4.92 Å². The maximum atomic E-state index is 11.9. The molecule has 20 heavy (non-hydrogen) atoms. The van der Waals surface area contributed by atoms with Crippen molar-refractivity contribution in [2.45, 2.75) is 18.9 Å². The van der Waals surface area contributed by atoms with Crippen molar-refractivity contribution in [2.24, 2.45) is 0 Å². The van der Waals surface area contributed by atoms with Gasteiger partial charge in [-0.2, -0.15) is 0 Å². The molecular formula is C14H17N3O3. The van der Waals surface area contributed by atoms with Crippen molar-refractivity contribution in [1.82, 2.24) is 10.6 Å². The average Bonchev–Trinajstić information content (AvgIpc) is 2.83. The fourth-order valence-electron chi connectivity index (χ4n) is 2.22. The average molecular weight is 275 g/mol. The Balaban J connectivity index is 2.06. The summed E-state index contributed by atoms with van der Waals surface area (Å²) in [5.74, 6) is -0.241. The van der Waals surface area contributed by atoms with Crippen LogP contribution >= 0.6 is 0 Å². The minimum Gasteiger partial charge on any atom is -0.346 e. The summed E-state index contributed by atoms with van der Waals surface area (Å²) in [5.41, 5.74) is 0.164. The highest BCUT2D eigenvalue weighted by atomic mass is 16.6. The van der Waals surface area contributed by atoms with Crippen molar-refractivity contribution in [2.75, 3.05) is 13.1 Å². The Bertz CT molecular complexity index is 548. The Morgan fingerprint density at radius 2 is 2.25 bits per heavy atom. The highest BCUT2D eigenvalue weighted by molar-refractivity contribution is 5.92. The molecule has 1 atom stereocenters. The normalized spacial score (nSPS) is 22.1. The molecular weight excluding hydrogens is 258 g/mol. The van der Waals surface area contributed by atoms with Crippen LogP contribution in [-0.4, -0.2) is 29.5 Å². The quantitative estimate of drug-likeness (QED) is 0.495. The molecule has 0 bridgehead atoms. The number of hydrogen-bond acceptors (Lipinski definition) is 4. The van der Waals surface area contributed by atoms with Gasteiger partial charge in [0.2, 0.25) is 5.91 Å². The largest absolute Gasteiger partial charge is 0.346 e. The molecule has 6 nitrogen and oxygen atoms in total. The molecule has 2 N–H and O–H groups in total. The van der Waals surface area contributed by atoms with E-state index in [1.807, 2.05) is 6.92 Å². The first-order valence-electron chi connectivity index (χ1n) is 6.45. The summed E-state index contributed by atoms with van der Waals surface area (Å²) < 4.78 is 0. The van der Waals surface area contributed by atoms with Crippen LogP contribution < -0.4 is 10.6 Å². The number of hydrogen-bond donors (Lipinski definition) is 2. The number of para-hydroxylation sites is 1. The van der Waals surface area contributed by atoms with E-state index >= 15 is 0 Å². The van der Waals surface area contributed by atoms with Crippen LogP contribution in [0.1, 0.15) is 18.9 Å². The van der Waals surface area contributed by atoms with Gasteiger partial charge in [0.15, 0.2) is 0 Å². The molecule has 0 aromatic heterocycles. The smallest absolute Gasteiger partial charge is 0.276 e. The molecule has 1 aliphatic rings. The lowest BCUT2D eigenvalue weighted by Crippen LogP contribution is -2.46. The lowest BCUT2D eigenvalue weighted by molar-refractivity contribution is -0.385. The van der Waals surface area contributed by atoms with Crippen LogP contribution in [-0.2, 0) is 4.79 Å². The molecule has 6 heteroatoms. The van der Waals surface area contributed by atoms with Gasteiger partial charge in [0.05, 0.1) is 16.0 Å². The van der Waals surface area contributed by atoms with Crippen molar-refractivity contribution in [3.8, 4) is 0 Å². The van der Waals surface area contributed by atoms with E-state index in [0.717, 1.165) is 19.5 Å². The summed E-state index contributed by atoms with van der Waals surface area (Å²) in [7, 11) is 0. The number of nitrogens with one attached hydrogen (secondary N) is 2. The predicted octanol–water partition coefficient (Wildman–Crippen LogP) is 1.48. The van der Waals surface area contributed by atoms with Gasteiger partial charge in [-0.25, -0.2) is 0 Å². The van der Waals surface area contributed by atoms with Crippen molar-refractivity contribution >= 4 is 17.7 Å². The summed E-state index contributed by atoms with van der Waals surface area (Å²) in [6.07, 6.45) is 3.68. The van der Waals surface area contributed by atoms with Crippen LogP contribution in [0.5, 0.6) is 0 Å². The molecule has 1 fully saturated rings. The number of carbonyl (C=O) groups is 1. The van der Waals surface area contributed by atoms with Crippen LogP contribution in [0.15, 0.2) is 30.3 Å². The number of nitrogens with zero attached hydrogens (tertiary/aromatic N) is 1. The summed E-state index contributed by atoms with van der Waals surface area (Å²) in [6, 6.07) is 6.33. The highest BCUT2D eigenvalue weighted by Gasteiger charge is 2.29. The number of amides is 1. The van der Waals surface area contributed by atoms with Gasteiger partial charge in [-0.3, -0.25) is 14.9 Å². The van der Waals surface area contributed by atoms with Crippen LogP contribution in [0.25, 0.3) is 6.08 Å². The minimum absolute atomic E-state index is 0.00899.